The predicted octanol–water partition coefficient (Wildman–Crippen LogP) is 2.21. The largest absolute Gasteiger partial charge is 0.396 e. The number of aliphatic hydroxyl groups is 1. The quantitative estimate of drug-likeness (QED) is 0.944. The Morgan fingerprint density at radius 3 is 2.61 bits per heavy atom. The van der Waals surface area contributed by atoms with Crippen LogP contribution in [0.1, 0.15) is 21.8 Å². The van der Waals surface area contributed by atoms with Crippen LogP contribution in [0.4, 0.5) is 8.78 Å². The van der Waals surface area contributed by atoms with Gasteiger partial charge in [0.05, 0.1) is 5.56 Å². The summed E-state index contributed by atoms with van der Waals surface area (Å²) in [7, 11) is 0. The normalized spacial score (nSPS) is 20.7. The number of likely N-dealkylation sites (tertiary alicyclic amines) is 1. The van der Waals surface area contributed by atoms with Crippen LogP contribution in [0.25, 0.3) is 0 Å². The van der Waals surface area contributed by atoms with Crippen LogP contribution >= 0.6 is 0 Å². The number of aromatic nitrogens is 1. The van der Waals surface area contributed by atoms with Crippen molar-refractivity contribution in [2.75, 3.05) is 19.7 Å². The molecule has 4 nitrogen and oxygen atoms in total. The van der Waals surface area contributed by atoms with Crippen molar-refractivity contribution >= 4 is 5.91 Å². The number of aliphatic hydroxyl groups excluding tert-OH is 1. The number of halogens is 2. The number of hydrogen-bond acceptors (Lipinski definition) is 3. The lowest BCUT2D eigenvalue weighted by molar-refractivity contribution is 0.0776. The molecular weight excluding hydrogens is 302 g/mol. The fourth-order valence-electron chi connectivity index (χ4n) is 3.04. The highest BCUT2D eigenvalue weighted by molar-refractivity contribution is 5.94. The average molecular weight is 318 g/mol. The van der Waals surface area contributed by atoms with Gasteiger partial charge in [-0.05, 0) is 29.8 Å². The van der Waals surface area contributed by atoms with Gasteiger partial charge in [-0.25, -0.2) is 8.78 Å². The van der Waals surface area contributed by atoms with Crippen molar-refractivity contribution < 1.29 is 18.7 Å². The summed E-state index contributed by atoms with van der Waals surface area (Å²) in [4.78, 5) is 18.0. The van der Waals surface area contributed by atoms with Gasteiger partial charge < -0.3 is 10.0 Å². The monoisotopic (exact) mass is 318 g/mol. The minimum atomic E-state index is -0.872. The summed E-state index contributed by atoms with van der Waals surface area (Å²) >= 11 is 0. The molecule has 0 bridgehead atoms. The van der Waals surface area contributed by atoms with Gasteiger partial charge in [-0.3, -0.25) is 9.78 Å². The Balaban J connectivity index is 1.83. The molecule has 1 aliphatic heterocycles. The van der Waals surface area contributed by atoms with Gasteiger partial charge in [0.2, 0.25) is 0 Å². The second-order valence-electron chi connectivity index (χ2n) is 5.66. The second-order valence-corrected chi connectivity index (χ2v) is 5.66. The van der Waals surface area contributed by atoms with Crippen molar-refractivity contribution in [1.29, 1.82) is 0 Å². The Morgan fingerprint density at radius 1 is 1.22 bits per heavy atom. The third kappa shape index (κ3) is 3.07. The lowest BCUT2D eigenvalue weighted by Gasteiger charge is -2.17. The first-order chi connectivity index (χ1) is 11.1. The molecule has 120 valence electrons. The fourth-order valence-corrected chi connectivity index (χ4v) is 3.04. The third-order valence-electron chi connectivity index (χ3n) is 4.26. The molecule has 0 spiro atoms. The van der Waals surface area contributed by atoms with E-state index in [1.807, 2.05) is 12.1 Å². The predicted molar refractivity (Wildman–Crippen MR) is 79.8 cm³/mol. The molecule has 1 aromatic heterocycles. The molecule has 0 saturated carbocycles. The van der Waals surface area contributed by atoms with E-state index in [-0.39, 0.29) is 24.0 Å². The molecule has 6 heteroatoms. The molecule has 2 atom stereocenters. The number of benzene rings is 1. The van der Waals surface area contributed by atoms with E-state index in [1.54, 1.807) is 12.4 Å². The molecule has 0 unspecified atom stereocenters. The summed E-state index contributed by atoms with van der Waals surface area (Å²) in [6, 6.07) is 6.61. The van der Waals surface area contributed by atoms with E-state index in [2.05, 4.69) is 4.98 Å². The van der Waals surface area contributed by atoms with E-state index < -0.39 is 17.5 Å². The Kier molecular flexibility index (Phi) is 4.34. The number of pyridine rings is 1. The molecule has 3 rings (SSSR count). The van der Waals surface area contributed by atoms with Gasteiger partial charge in [0.25, 0.3) is 5.91 Å². The topological polar surface area (TPSA) is 53.4 Å². The maximum absolute atomic E-state index is 13.8. The number of nitrogens with zero attached hydrogens (tertiary/aromatic N) is 2. The minimum Gasteiger partial charge on any atom is -0.396 e. The van der Waals surface area contributed by atoms with Gasteiger partial charge in [-0.15, -0.1) is 0 Å². The maximum Gasteiger partial charge on any atom is 0.256 e. The van der Waals surface area contributed by atoms with Crippen LogP contribution in [0.5, 0.6) is 0 Å². The minimum absolute atomic E-state index is 0.0320. The van der Waals surface area contributed by atoms with Crippen molar-refractivity contribution in [3.05, 3.63) is 65.5 Å². The smallest absolute Gasteiger partial charge is 0.256 e. The molecule has 1 fully saturated rings. The van der Waals surface area contributed by atoms with Gasteiger partial charge in [0.15, 0.2) is 0 Å². The van der Waals surface area contributed by atoms with Crippen molar-refractivity contribution in [1.82, 2.24) is 9.88 Å². The highest BCUT2D eigenvalue weighted by Crippen LogP contribution is 2.33. The number of carbonyl (C=O) groups is 1. The van der Waals surface area contributed by atoms with E-state index >= 15 is 0 Å². The van der Waals surface area contributed by atoms with Crippen LogP contribution < -0.4 is 0 Å². The van der Waals surface area contributed by atoms with E-state index in [1.165, 1.54) is 4.90 Å². The first-order valence-corrected chi connectivity index (χ1v) is 7.35. The fraction of sp³-hybridized carbons (Fsp3) is 0.294. The molecule has 1 aliphatic rings. The zero-order chi connectivity index (χ0) is 16.4. The molecular formula is C17H16F2N2O2. The van der Waals surface area contributed by atoms with Crippen molar-refractivity contribution in [2.24, 2.45) is 5.92 Å². The van der Waals surface area contributed by atoms with E-state index in [0.29, 0.717) is 19.2 Å². The summed E-state index contributed by atoms with van der Waals surface area (Å²) < 4.78 is 26.8. The maximum atomic E-state index is 13.8. The highest BCUT2D eigenvalue weighted by atomic mass is 19.1. The molecule has 0 aliphatic carbocycles. The average Bonchev–Trinajstić information content (AvgIpc) is 2.99. The lowest BCUT2D eigenvalue weighted by Crippen LogP contribution is -2.30. The van der Waals surface area contributed by atoms with Gasteiger partial charge >= 0.3 is 0 Å². The standard InChI is InChI=1S/C17H16F2N2O2/c18-13-1-2-14(16(19)7-13)17(23)21-8-12(10-22)15(9-21)11-3-5-20-6-4-11/h1-7,12,15,22H,8-10H2/t12-,15-/m0/s1. The van der Waals surface area contributed by atoms with Crippen LogP contribution in [0, 0.1) is 17.6 Å². The van der Waals surface area contributed by atoms with Crippen LogP contribution in [0.2, 0.25) is 0 Å². The molecule has 2 aromatic rings. The number of rotatable bonds is 3. The molecule has 0 radical (unpaired) electrons. The Hall–Kier alpha value is -2.34. The molecule has 1 aromatic carbocycles. The van der Waals surface area contributed by atoms with Crippen LogP contribution in [0.3, 0.4) is 0 Å². The summed E-state index contributed by atoms with van der Waals surface area (Å²) in [6.45, 7) is 0.646. The SMILES string of the molecule is O=C(c1ccc(F)cc1F)N1C[C@@H](CO)[C@H](c2ccncc2)C1. The first-order valence-electron chi connectivity index (χ1n) is 7.35. The second kappa shape index (κ2) is 6.42. The molecule has 23 heavy (non-hydrogen) atoms. The Morgan fingerprint density at radius 2 is 1.96 bits per heavy atom. The van der Waals surface area contributed by atoms with E-state index in [0.717, 1.165) is 17.7 Å². The zero-order valence-electron chi connectivity index (χ0n) is 12.3. The Labute approximate surface area is 132 Å². The van der Waals surface area contributed by atoms with Gasteiger partial charge in [-0.2, -0.15) is 0 Å². The number of amides is 1. The highest BCUT2D eigenvalue weighted by Gasteiger charge is 2.36. The van der Waals surface area contributed by atoms with Crippen molar-refractivity contribution in [3.8, 4) is 0 Å². The third-order valence-corrected chi connectivity index (χ3v) is 4.26. The van der Waals surface area contributed by atoms with Gasteiger partial charge in [-0.1, -0.05) is 0 Å². The summed E-state index contributed by atoms with van der Waals surface area (Å²) in [5, 5.41) is 9.58. The van der Waals surface area contributed by atoms with Crippen molar-refractivity contribution in [3.63, 3.8) is 0 Å². The van der Waals surface area contributed by atoms with Crippen LogP contribution in [0.15, 0.2) is 42.7 Å². The van der Waals surface area contributed by atoms with Crippen LogP contribution in [-0.4, -0.2) is 40.6 Å². The Bertz CT molecular complexity index is 709. The van der Waals surface area contributed by atoms with Gasteiger partial charge in [0, 0.05) is 50.0 Å². The molecule has 1 amide bonds. The molecule has 1 N–H and O–H groups in total. The number of carbonyl (C=O) groups excluding carboxylic acids is 1. The summed E-state index contributed by atoms with van der Waals surface area (Å²) in [5.74, 6) is -2.23. The van der Waals surface area contributed by atoms with E-state index in [4.69, 9.17) is 0 Å². The van der Waals surface area contributed by atoms with Gasteiger partial charge in [0.1, 0.15) is 11.6 Å². The van der Waals surface area contributed by atoms with E-state index in [9.17, 15) is 18.7 Å². The molecule has 2 heterocycles. The number of hydrogen-bond donors (Lipinski definition) is 1. The first kappa shape index (κ1) is 15.6. The van der Waals surface area contributed by atoms with Crippen LogP contribution in [-0.2, 0) is 0 Å². The molecule has 1 saturated heterocycles. The lowest BCUT2D eigenvalue weighted by atomic mass is 9.90. The summed E-state index contributed by atoms with van der Waals surface area (Å²) in [6.07, 6.45) is 3.32. The van der Waals surface area contributed by atoms with Crippen molar-refractivity contribution in [2.45, 2.75) is 5.92 Å². The zero-order valence-corrected chi connectivity index (χ0v) is 12.3. The summed E-state index contributed by atoms with van der Waals surface area (Å²) in [5.41, 5.74) is 0.826.